The number of hydrogen-bond acceptors (Lipinski definition) is 3. The van der Waals surface area contributed by atoms with E-state index in [4.69, 9.17) is 5.26 Å². The molecule has 2 rings (SSSR count). The van der Waals surface area contributed by atoms with Crippen LogP contribution in [0.5, 0.6) is 0 Å². The molecule has 1 unspecified atom stereocenters. The van der Waals surface area contributed by atoms with Crippen LogP contribution >= 0.6 is 0 Å². The summed E-state index contributed by atoms with van der Waals surface area (Å²) in [7, 11) is 0. The van der Waals surface area contributed by atoms with Gasteiger partial charge < -0.3 is 10.4 Å². The lowest BCUT2D eigenvalue weighted by molar-refractivity contribution is -0.145. The van der Waals surface area contributed by atoms with Gasteiger partial charge >= 0.3 is 5.97 Å². The van der Waals surface area contributed by atoms with Gasteiger partial charge in [-0.1, -0.05) is 19.1 Å². The average Bonchev–Trinajstić information content (AvgIpc) is 2.81. The fraction of sp³-hybridized carbons (Fsp3) is 0.438. The zero-order chi connectivity index (χ0) is 15.6. The molecule has 5 heteroatoms. The van der Waals surface area contributed by atoms with Crippen LogP contribution in [0.2, 0.25) is 0 Å². The molecule has 21 heavy (non-hydrogen) atoms. The molecule has 1 aromatic carbocycles. The SMILES string of the molecule is Cc1cccc(NC(=O)[C@H]2CC(C)C[C@H]2C(=O)O)c1C#N. The number of carboxylic acid groups (broad SMARTS) is 1. The Balaban J connectivity index is 2.21. The average molecular weight is 286 g/mol. The Morgan fingerprint density at radius 3 is 2.62 bits per heavy atom. The van der Waals surface area contributed by atoms with Crippen molar-refractivity contribution in [1.82, 2.24) is 0 Å². The fourth-order valence-corrected chi connectivity index (χ4v) is 3.00. The number of amides is 1. The van der Waals surface area contributed by atoms with E-state index in [2.05, 4.69) is 11.4 Å². The molecule has 1 aliphatic carbocycles. The van der Waals surface area contributed by atoms with Gasteiger partial charge in [-0.3, -0.25) is 9.59 Å². The maximum atomic E-state index is 12.4. The number of carbonyl (C=O) groups is 2. The number of carboxylic acids is 1. The predicted molar refractivity (Wildman–Crippen MR) is 77.5 cm³/mol. The number of nitriles is 1. The van der Waals surface area contributed by atoms with Gasteiger partial charge in [0.2, 0.25) is 5.91 Å². The first-order valence-corrected chi connectivity index (χ1v) is 6.97. The highest BCUT2D eigenvalue weighted by Crippen LogP contribution is 2.37. The van der Waals surface area contributed by atoms with Gasteiger partial charge in [0.25, 0.3) is 0 Å². The van der Waals surface area contributed by atoms with E-state index in [0.717, 1.165) is 5.56 Å². The summed E-state index contributed by atoms with van der Waals surface area (Å²) >= 11 is 0. The minimum absolute atomic E-state index is 0.217. The second-order valence-electron chi connectivity index (χ2n) is 5.73. The smallest absolute Gasteiger partial charge is 0.307 e. The molecule has 0 saturated heterocycles. The molecule has 1 saturated carbocycles. The van der Waals surface area contributed by atoms with Crippen molar-refractivity contribution in [3.05, 3.63) is 29.3 Å². The molecular weight excluding hydrogens is 268 g/mol. The topological polar surface area (TPSA) is 90.2 Å². The van der Waals surface area contributed by atoms with Gasteiger partial charge in [-0.2, -0.15) is 5.26 Å². The molecular formula is C16H18N2O3. The van der Waals surface area contributed by atoms with E-state index < -0.39 is 17.8 Å². The zero-order valence-electron chi connectivity index (χ0n) is 12.1. The normalized spacial score (nSPS) is 24.3. The van der Waals surface area contributed by atoms with Crippen LogP contribution in [0, 0.1) is 36.0 Å². The predicted octanol–water partition coefficient (Wildman–Crippen LogP) is 2.55. The first kappa shape index (κ1) is 15.0. The van der Waals surface area contributed by atoms with Gasteiger partial charge in [0.05, 0.1) is 23.1 Å². The summed E-state index contributed by atoms with van der Waals surface area (Å²) in [5.74, 6) is -2.20. The summed E-state index contributed by atoms with van der Waals surface area (Å²) in [5.41, 5.74) is 1.65. The van der Waals surface area contributed by atoms with Crippen LogP contribution in [0.1, 0.15) is 30.9 Å². The number of rotatable bonds is 3. The lowest BCUT2D eigenvalue weighted by Gasteiger charge is -2.16. The molecule has 2 N–H and O–H groups in total. The van der Waals surface area contributed by atoms with Crippen molar-refractivity contribution in [3.63, 3.8) is 0 Å². The van der Waals surface area contributed by atoms with E-state index in [0.29, 0.717) is 24.1 Å². The van der Waals surface area contributed by atoms with Crippen molar-refractivity contribution >= 4 is 17.6 Å². The summed E-state index contributed by atoms with van der Waals surface area (Å²) in [5, 5.41) is 21.1. The summed E-state index contributed by atoms with van der Waals surface area (Å²) in [4.78, 5) is 23.6. The van der Waals surface area contributed by atoms with E-state index in [1.807, 2.05) is 6.92 Å². The molecule has 5 nitrogen and oxygen atoms in total. The molecule has 0 spiro atoms. The number of hydrogen-bond donors (Lipinski definition) is 2. The molecule has 1 amide bonds. The third kappa shape index (κ3) is 3.05. The molecule has 1 fully saturated rings. The third-order valence-corrected chi connectivity index (χ3v) is 4.09. The summed E-state index contributed by atoms with van der Waals surface area (Å²) < 4.78 is 0. The quantitative estimate of drug-likeness (QED) is 0.893. The number of benzene rings is 1. The fourth-order valence-electron chi connectivity index (χ4n) is 3.00. The number of nitrogens with one attached hydrogen (secondary N) is 1. The first-order chi connectivity index (χ1) is 9.93. The van der Waals surface area contributed by atoms with Crippen LogP contribution in [-0.2, 0) is 9.59 Å². The highest BCUT2D eigenvalue weighted by atomic mass is 16.4. The second-order valence-corrected chi connectivity index (χ2v) is 5.73. The molecule has 0 radical (unpaired) electrons. The lowest BCUT2D eigenvalue weighted by Crippen LogP contribution is -2.30. The van der Waals surface area contributed by atoms with Crippen molar-refractivity contribution in [1.29, 1.82) is 5.26 Å². The molecule has 1 aliphatic rings. The molecule has 1 aromatic rings. The summed E-state index contributed by atoms with van der Waals surface area (Å²) in [6.07, 6.45) is 1.09. The monoisotopic (exact) mass is 286 g/mol. The highest BCUT2D eigenvalue weighted by Gasteiger charge is 2.41. The van der Waals surface area contributed by atoms with Gasteiger partial charge in [-0.25, -0.2) is 0 Å². The van der Waals surface area contributed by atoms with Crippen LogP contribution in [0.4, 0.5) is 5.69 Å². The Morgan fingerprint density at radius 2 is 2.00 bits per heavy atom. The Labute approximate surface area is 123 Å². The Bertz CT molecular complexity index is 618. The van der Waals surface area contributed by atoms with Crippen LogP contribution in [0.15, 0.2) is 18.2 Å². The number of carbonyl (C=O) groups excluding carboxylic acids is 1. The summed E-state index contributed by atoms with van der Waals surface area (Å²) in [6, 6.07) is 7.29. The van der Waals surface area contributed by atoms with Crippen LogP contribution < -0.4 is 5.32 Å². The maximum absolute atomic E-state index is 12.4. The van der Waals surface area contributed by atoms with E-state index in [1.54, 1.807) is 25.1 Å². The number of aliphatic carboxylic acids is 1. The van der Waals surface area contributed by atoms with Crippen LogP contribution in [-0.4, -0.2) is 17.0 Å². The standard InChI is InChI=1S/C16H18N2O3/c1-9-6-11(12(7-9)16(20)21)15(19)18-14-5-3-4-10(2)13(14)8-17/h3-5,9,11-12H,6-7H2,1-2H3,(H,18,19)(H,20,21)/t9?,11-,12+/m0/s1. The van der Waals surface area contributed by atoms with E-state index in [-0.39, 0.29) is 11.8 Å². The van der Waals surface area contributed by atoms with Gasteiger partial charge in [0.15, 0.2) is 0 Å². The minimum atomic E-state index is -0.927. The van der Waals surface area contributed by atoms with Crippen molar-refractivity contribution in [2.24, 2.45) is 17.8 Å². The van der Waals surface area contributed by atoms with Gasteiger partial charge in [-0.15, -0.1) is 0 Å². The maximum Gasteiger partial charge on any atom is 0.307 e. The first-order valence-electron chi connectivity index (χ1n) is 6.97. The number of nitrogens with zero attached hydrogens (tertiary/aromatic N) is 1. The largest absolute Gasteiger partial charge is 0.481 e. The van der Waals surface area contributed by atoms with E-state index in [9.17, 15) is 14.7 Å². The van der Waals surface area contributed by atoms with Gasteiger partial charge in [-0.05, 0) is 37.3 Å². The Hall–Kier alpha value is -2.35. The number of anilines is 1. The van der Waals surface area contributed by atoms with Crippen molar-refractivity contribution in [3.8, 4) is 6.07 Å². The van der Waals surface area contributed by atoms with Crippen molar-refractivity contribution in [2.75, 3.05) is 5.32 Å². The zero-order valence-corrected chi connectivity index (χ0v) is 12.1. The summed E-state index contributed by atoms with van der Waals surface area (Å²) in [6.45, 7) is 3.75. The molecule has 0 aromatic heterocycles. The van der Waals surface area contributed by atoms with Crippen molar-refractivity contribution < 1.29 is 14.7 Å². The molecule has 0 heterocycles. The highest BCUT2D eigenvalue weighted by molar-refractivity contribution is 5.96. The van der Waals surface area contributed by atoms with Gasteiger partial charge in [0.1, 0.15) is 6.07 Å². The number of aryl methyl sites for hydroxylation is 1. The third-order valence-electron chi connectivity index (χ3n) is 4.09. The molecule has 0 aliphatic heterocycles. The lowest BCUT2D eigenvalue weighted by atomic mass is 9.95. The van der Waals surface area contributed by atoms with E-state index >= 15 is 0 Å². The van der Waals surface area contributed by atoms with Crippen molar-refractivity contribution in [2.45, 2.75) is 26.7 Å². The van der Waals surface area contributed by atoms with Crippen LogP contribution in [0.25, 0.3) is 0 Å². The van der Waals surface area contributed by atoms with Crippen LogP contribution in [0.3, 0.4) is 0 Å². The van der Waals surface area contributed by atoms with E-state index in [1.165, 1.54) is 0 Å². The minimum Gasteiger partial charge on any atom is -0.481 e. The molecule has 0 bridgehead atoms. The Kier molecular flexibility index (Phi) is 4.27. The molecule has 3 atom stereocenters. The van der Waals surface area contributed by atoms with Gasteiger partial charge in [0, 0.05) is 0 Å². The Morgan fingerprint density at radius 1 is 1.33 bits per heavy atom. The second kappa shape index (κ2) is 5.96. The molecule has 110 valence electrons.